The van der Waals surface area contributed by atoms with Crippen LogP contribution in [0.2, 0.25) is 0 Å². The maximum Gasteiger partial charge on any atom is 0.236 e. The molecule has 4 aromatic rings. The lowest BCUT2D eigenvalue weighted by Gasteiger charge is -2.09. The Morgan fingerprint density at radius 1 is 1.21 bits per heavy atom. The van der Waals surface area contributed by atoms with Gasteiger partial charge in [-0.25, -0.2) is 4.98 Å². The molecule has 0 fully saturated rings. The highest BCUT2D eigenvalue weighted by Crippen LogP contribution is 2.29. The smallest absolute Gasteiger partial charge is 0.236 e. The van der Waals surface area contributed by atoms with E-state index < -0.39 is 0 Å². The third-order valence-electron chi connectivity index (χ3n) is 4.09. The molecular formula is C20H18N4O3S. The number of anilines is 1. The standard InChI is InChI=1S/C20H18N4O3S/c1-13-11-18(23-27-13)22-19(25)12-28-20-21-16-5-3-4-6-17(16)24(20)14-7-9-15(26-2)10-8-14/h3-11H,12H2,1-2H3,(H,22,23,25). The van der Waals surface area contributed by atoms with Crippen LogP contribution in [0.1, 0.15) is 5.76 Å². The van der Waals surface area contributed by atoms with Crippen molar-refractivity contribution in [1.29, 1.82) is 0 Å². The van der Waals surface area contributed by atoms with Crippen LogP contribution in [0, 0.1) is 6.92 Å². The van der Waals surface area contributed by atoms with E-state index in [1.807, 2.05) is 53.1 Å². The number of nitrogens with one attached hydrogen (secondary N) is 1. The van der Waals surface area contributed by atoms with Gasteiger partial charge in [-0.05, 0) is 43.3 Å². The number of hydrogen-bond donors (Lipinski definition) is 1. The molecule has 7 nitrogen and oxygen atoms in total. The van der Waals surface area contributed by atoms with Gasteiger partial charge in [0.15, 0.2) is 11.0 Å². The summed E-state index contributed by atoms with van der Waals surface area (Å²) < 4.78 is 12.2. The molecule has 0 aliphatic heterocycles. The van der Waals surface area contributed by atoms with E-state index in [0.29, 0.717) is 11.6 Å². The fourth-order valence-electron chi connectivity index (χ4n) is 2.82. The van der Waals surface area contributed by atoms with Crippen LogP contribution in [-0.2, 0) is 4.79 Å². The Kier molecular flexibility index (Phi) is 5.03. The van der Waals surface area contributed by atoms with E-state index in [9.17, 15) is 4.79 Å². The first-order valence-corrected chi connectivity index (χ1v) is 9.60. The first kappa shape index (κ1) is 18.1. The Labute approximate surface area is 165 Å². The number of rotatable bonds is 6. The lowest BCUT2D eigenvalue weighted by Crippen LogP contribution is -2.14. The van der Waals surface area contributed by atoms with Crippen molar-refractivity contribution < 1.29 is 14.1 Å². The van der Waals surface area contributed by atoms with Crippen LogP contribution in [0.15, 0.2) is 64.3 Å². The molecule has 0 saturated carbocycles. The minimum atomic E-state index is -0.174. The molecule has 0 bridgehead atoms. The summed E-state index contributed by atoms with van der Waals surface area (Å²) in [6.45, 7) is 1.77. The predicted molar refractivity (Wildman–Crippen MR) is 108 cm³/mol. The number of carbonyl (C=O) groups is 1. The molecule has 0 atom stereocenters. The summed E-state index contributed by atoms with van der Waals surface area (Å²) in [7, 11) is 1.64. The van der Waals surface area contributed by atoms with Gasteiger partial charge in [-0.3, -0.25) is 9.36 Å². The second kappa shape index (κ2) is 7.77. The summed E-state index contributed by atoms with van der Waals surface area (Å²) >= 11 is 1.36. The molecule has 8 heteroatoms. The van der Waals surface area contributed by atoms with E-state index >= 15 is 0 Å². The average molecular weight is 394 g/mol. The molecule has 1 N–H and O–H groups in total. The predicted octanol–water partition coefficient (Wildman–Crippen LogP) is 4.06. The average Bonchev–Trinajstić information content (AvgIpc) is 3.29. The molecule has 2 heterocycles. The molecule has 2 aromatic heterocycles. The van der Waals surface area contributed by atoms with Crippen molar-refractivity contribution in [2.24, 2.45) is 0 Å². The van der Waals surface area contributed by atoms with Crippen molar-refractivity contribution in [2.45, 2.75) is 12.1 Å². The number of carbonyl (C=O) groups excluding carboxylic acids is 1. The molecule has 2 aromatic carbocycles. The Morgan fingerprint density at radius 2 is 2.00 bits per heavy atom. The van der Waals surface area contributed by atoms with Crippen LogP contribution >= 0.6 is 11.8 Å². The molecule has 0 unspecified atom stereocenters. The third-order valence-corrected chi connectivity index (χ3v) is 5.03. The normalized spacial score (nSPS) is 10.9. The van der Waals surface area contributed by atoms with Gasteiger partial charge in [-0.15, -0.1) is 0 Å². The maximum atomic E-state index is 12.3. The summed E-state index contributed by atoms with van der Waals surface area (Å²) in [6.07, 6.45) is 0. The number of aromatic nitrogens is 3. The molecule has 4 rings (SSSR count). The number of aryl methyl sites for hydroxylation is 1. The molecule has 0 radical (unpaired) electrons. The molecule has 0 saturated heterocycles. The number of para-hydroxylation sites is 2. The maximum absolute atomic E-state index is 12.3. The van der Waals surface area contributed by atoms with E-state index in [4.69, 9.17) is 14.2 Å². The second-order valence-corrected chi connectivity index (χ2v) is 7.02. The van der Waals surface area contributed by atoms with Crippen molar-refractivity contribution in [2.75, 3.05) is 18.2 Å². The molecule has 142 valence electrons. The molecule has 0 spiro atoms. The summed E-state index contributed by atoms with van der Waals surface area (Å²) in [5, 5.41) is 7.24. The van der Waals surface area contributed by atoms with Crippen molar-refractivity contribution in [1.82, 2.24) is 14.7 Å². The van der Waals surface area contributed by atoms with Crippen LogP contribution in [0.3, 0.4) is 0 Å². The van der Waals surface area contributed by atoms with Gasteiger partial charge < -0.3 is 14.6 Å². The lowest BCUT2D eigenvalue weighted by atomic mass is 10.2. The van der Waals surface area contributed by atoms with Gasteiger partial charge in [-0.2, -0.15) is 0 Å². The zero-order valence-corrected chi connectivity index (χ0v) is 16.2. The number of fused-ring (bicyclic) bond motifs is 1. The molecule has 28 heavy (non-hydrogen) atoms. The van der Waals surface area contributed by atoms with E-state index in [1.54, 1.807) is 20.1 Å². The van der Waals surface area contributed by atoms with Crippen LogP contribution in [0.4, 0.5) is 5.82 Å². The van der Waals surface area contributed by atoms with E-state index in [0.717, 1.165) is 27.6 Å². The first-order valence-electron chi connectivity index (χ1n) is 8.62. The molecule has 0 aliphatic rings. The van der Waals surface area contributed by atoms with Crippen molar-refractivity contribution in [3.8, 4) is 11.4 Å². The Hall–Kier alpha value is -3.26. The quantitative estimate of drug-likeness (QED) is 0.497. The molecule has 1 amide bonds. The number of imidazole rings is 1. The van der Waals surface area contributed by atoms with Gasteiger partial charge in [0.2, 0.25) is 5.91 Å². The zero-order chi connectivity index (χ0) is 19.5. The first-order chi connectivity index (χ1) is 13.6. The monoisotopic (exact) mass is 394 g/mol. The number of benzene rings is 2. The summed E-state index contributed by atoms with van der Waals surface area (Å²) in [5.74, 6) is 1.86. The highest BCUT2D eigenvalue weighted by atomic mass is 32.2. The second-order valence-electron chi connectivity index (χ2n) is 6.08. The number of methoxy groups -OCH3 is 1. The van der Waals surface area contributed by atoms with Gasteiger partial charge in [0, 0.05) is 11.8 Å². The Bertz CT molecular complexity index is 1120. The van der Waals surface area contributed by atoms with Crippen LogP contribution in [-0.4, -0.2) is 33.5 Å². The topological polar surface area (TPSA) is 82.2 Å². The highest BCUT2D eigenvalue weighted by molar-refractivity contribution is 7.99. The van der Waals surface area contributed by atoms with E-state index in [-0.39, 0.29) is 11.7 Å². The largest absolute Gasteiger partial charge is 0.497 e. The van der Waals surface area contributed by atoms with Crippen molar-refractivity contribution >= 4 is 34.5 Å². The minimum Gasteiger partial charge on any atom is -0.497 e. The number of thioether (sulfide) groups is 1. The lowest BCUT2D eigenvalue weighted by molar-refractivity contribution is -0.113. The van der Waals surface area contributed by atoms with Gasteiger partial charge in [0.05, 0.1) is 23.9 Å². The number of nitrogens with zero attached hydrogens (tertiary/aromatic N) is 3. The van der Waals surface area contributed by atoms with Crippen molar-refractivity contribution in [3.63, 3.8) is 0 Å². The van der Waals surface area contributed by atoms with Crippen LogP contribution in [0.25, 0.3) is 16.7 Å². The fraction of sp³-hybridized carbons (Fsp3) is 0.150. The fourth-order valence-corrected chi connectivity index (χ4v) is 3.64. The van der Waals surface area contributed by atoms with Crippen molar-refractivity contribution in [3.05, 3.63) is 60.4 Å². The van der Waals surface area contributed by atoms with Crippen LogP contribution < -0.4 is 10.1 Å². The summed E-state index contributed by atoms with van der Waals surface area (Å²) in [6, 6.07) is 17.3. The van der Waals surface area contributed by atoms with Gasteiger partial charge in [0.1, 0.15) is 11.5 Å². The van der Waals surface area contributed by atoms with E-state index in [2.05, 4.69) is 10.5 Å². The zero-order valence-electron chi connectivity index (χ0n) is 15.4. The number of ether oxygens (including phenoxy) is 1. The molecular weight excluding hydrogens is 376 g/mol. The third kappa shape index (κ3) is 3.72. The van der Waals surface area contributed by atoms with E-state index in [1.165, 1.54) is 11.8 Å². The number of hydrogen-bond acceptors (Lipinski definition) is 6. The summed E-state index contributed by atoms with van der Waals surface area (Å²) in [5.41, 5.74) is 2.79. The van der Waals surface area contributed by atoms with Crippen LogP contribution in [0.5, 0.6) is 5.75 Å². The number of amides is 1. The van der Waals surface area contributed by atoms with Gasteiger partial charge >= 0.3 is 0 Å². The summed E-state index contributed by atoms with van der Waals surface area (Å²) in [4.78, 5) is 17.0. The SMILES string of the molecule is COc1ccc(-n2c(SCC(=O)Nc3cc(C)on3)nc3ccccc32)cc1. The molecule has 0 aliphatic carbocycles. The highest BCUT2D eigenvalue weighted by Gasteiger charge is 2.15. The van der Waals surface area contributed by atoms with Gasteiger partial charge in [-0.1, -0.05) is 29.1 Å². The Morgan fingerprint density at radius 3 is 2.71 bits per heavy atom. The Balaban J connectivity index is 1.60. The van der Waals surface area contributed by atoms with Gasteiger partial charge in [0.25, 0.3) is 0 Å². The minimum absolute atomic E-state index is 0.174.